The number of nitrogens with two attached hydrogens (primary N) is 1. The average Bonchev–Trinajstić information content (AvgIpc) is 3.08. The highest BCUT2D eigenvalue weighted by Gasteiger charge is 2.30. The molecule has 0 aliphatic carbocycles. The molecule has 8 heteroatoms. The topological polar surface area (TPSA) is 103 Å². The van der Waals surface area contributed by atoms with Crippen molar-refractivity contribution < 1.29 is 19.1 Å². The Hall–Kier alpha value is -2.48. The van der Waals surface area contributed by atoms with Crippen LogP contribution in [0.4, 0.5) is 0 Å². The van der Waals surface area contributed by atoms with Gasteiger partial charge in [0.2, 0.25) is 5.91 Å². The smallest absolute Gasteiger partial charge is 0.306 e. The van der Waals surface area contributed by atoms with Crippen LogP contribution in [0.3, 0.4) is 0 Å². The molecule has 7 nitrogen and oxygen atoms in total. The molecule has 27 heavy (non-hydrogen) atoms. The minimum atomic E-state index is -0.594. The molecular formula is C19H23N3O4S. The van der Waals surface area contributed by atoms with Gasteiger partial charge >= 0.3 is 5.97 Å². The number of aromatic nitrogens is 1. The van der Waals surface area contributed by atoms with E-state index in [1.165, 1.54) is 4.90 Å². The molecule has 0 saturated carbocycles. The van der Waals surface area contributed by atoms with Gasteiger partial charge in [-0.25, -0.2) is 4.98 Å². The van der Waals surface area contributed by atoms with Crippen molar-refractivity contribution in [3.63, 3.8) is 0 Å². The summed E-state index contributed by atoms with van der Waals surface area (Å²) in [6.45, 7) is 0.130. The third-order valence-corrected chi connectivity index (χ3v) is 5.71. The Morgan fingerprint density at radius 2 is 2.07 bits per heavy atom. The first-order valence-corrected chi connectivity index (χ1v) is 9.95. The minimum Gasteiger partial charge on any atom is -0.456 e. The van der Waals surface area contributed by atoms with Gasteiger partial charge in [-0.3, -0.25) is 14.4 Å². The SMILES string of the molecule is NC(=O)[C@@H]1CCCCN1C(=O)COC(=O)CCCc1nc2ccccc2s1. The molecule has 2 amide bonds. The number of piperidine rings is 1. The van der Waals surface area contributed by atoms with Crippen LogP contribution in [0.1, 0.15) is 37.1 Å². The van der Waals surface area contributed by atoms with Crippen LogP contribution >= 0.6 is 11.3 Å². The molecule has 1 atom stereocenters. The van der Waals surface area contributed by atoms with Crippen LogP contribution in [0.25, 0.3) is 10.2 Å². The molecule has 1 aromatic heterocycles. The first kappa shape index (κ1) is 19.3. The molecule has 2 N–H and O–H groups in total. The molecule has 1 aliphatic rings. The Morgan fingerprint density at radius 3 is 2.85 bits per heavy atom. The van der Waals surface area contributed by atoms with E-state index in [-0.39, 0.29) is 18.9 Å². The normalized spacial score (nSPS) is 17.0. The van der Waals surface area contributed by atoms with Crippen LogP contribution < -0.4 is 5.73 Å². The highest BCUT2D eigenvalue weighted by molar-refractivity contribution is 7.18. The average molecular weight is 389 g/mol. The number of primary amides is 1. The number of hydrogen-bond donors (Lipinski definition) is 1. The van der Waals surface area contributed by atoms with Gasteiger partial charge in [0.25, 0.3) is 5.91 Å². The number of fused-ring (bicyclic) bond motifs is 1. The van der Waals surface area contributed by atoms with Crippen molar-refractivity contribution in [2.75, 3.05) is 13.2 Å². The van der Waals surface area contributed by atoms with Crippen LogP contribution in [0.2, 0.25) is 0 Å². The van der Waals surface area contributed by atoms with Crippen LogP contribution in [0, 0.1) is 0 Å². The number of carbonyl (C=O) groups is 3. The van der Waals surface area contributed by atoms with Crippen LogP contribution in [-0.2, 0) is 25.5 Å². The summed E-state index contributed by atoms with van der Waals surface area (Å²) in [5.74, 6) is -1.29. The fourth-order valence-corrected chi connectivity index (χ4v) is 4.24. The van der Waals surface area contributed by atoms with Crippen molar-refractivity contribution in [2.45, 2.75) is 44.6 Å². The molecular weight excluding hydrogens is 366 g/mol. The molecule has 1 aromatic carbocycles. The lowest BCUT2D eigenvalue weighted by Gasteiger charge is -2.33. The number of nitrogens with zero attached hydrogens (tertiary/aromatic N) is 2. The van der Waals surface area contributed by atoms with Gasteiger partial charge in [0, 0.05) is 13.0 Å². The lowest BCUT2D eigenvalue weighted by atomic mass is 10.0. The second kappa shape index (κ2) is 8.94. The Morgan fingerprint density at radius 1 is 1.26 bits per heavy atom. The quantitative estimate of drug-likeness (QED) is 0.730. The summed E-state index contributed by atoms with van der Waals surface area (Å²) in [6.07, 6.45) is 3.78. The van der Waals surface area contributed by atoms with E-state index >= 15 is 0 Å². The van der Waals surface area contributed by atoms with Gasteiger partial charge in [0.05, 0.1) is 15.2 Å². The molecule has 1 fully saturated rings. The standard InChI is InChI=1S/C19H23N3O4S/c20-19(25)14-7-3-4-11-22(14)17(23)12-26-18(24)10-5-9-16-21-13-6-1-2-8-15(13)27-16/h1-2,6,8,14H,3-5,7,9-12H2,(H2,20,25)/t14-/m0/s1. The summed E-state index contributed by atoms with van der Waals surface area (Å²) in [7, 11) is 0. The Kier molecular flexibility index (Phi) is 6.39. The maximum atomic E-state index is 12.2. The van der Waals surface area contributed by atoms with Crippen LogP contribution in [0.15, 0.2) is 24.3 Å². The number of aryl methyl sites for hydroxylation is 1. The molecule has 0 spiro atoms. The highest BCUT2D eigenvalue weighted by atomic mass is 32.1. The second-order valence-electron chi connectivity index (χ2n) is 6.59. The molecule has 0 bridgehead atoms. The van der Waals surface area contributed by atoms with E-state index in [2.05, 4.69) is 4.98 Å². The van der Waals surface area contributed by atoms with Crippen molar-refractivity contribution >= 4 is 39.3 Å². The first-order chi connectivity index (χ1) is 13.0. The zero-order chi connectivity index (χ0) is 19.2. The number of benzene rings is 1. The fraction of sp³-hybridized carbons (Fsp3) is 0.474. The number of amides is 2. The molecule has 144 valence electrons. The van der Waals surface area contributed by atoms with E-state index in [4.69, 9.17) is 10.5 Å². The molecule has 1 saturated heterocycles. The second-order valence-corrected chi connectivity index (χ2v) is 7.71. The Bertz CT molecular complexity index is 802. The zero-order valence-corrected chi connectivity index (χ0v) is 15.9. The Balaban J connectivity index is 1.41. The third-order valence-electron chi connectivity index (χ3n) is 4.62. The number of thiazole rings is 1. The third kappa shape index (κ3) is 5.03. The number of rotatable bonds is 7. The summed E-state index contributed by atoms with van der Waals surface area (Å²) >= 11 is 1.62. The monoisotopic (exact) mass is 389 g/mol. The van der Waals surface area contributed by atoms with Crippen molar-refractivity contribution in [2.24, 2.45) is 5.73 Å². The van der Waals surface area contributed by atoms with Gasteiger partial charge in [-0.1, -0.05) is 12.1 Å². The van der Waals surface area contributed by atoms with Crippen LogP contribution in [-0.4, -0.2) is 46.9 Å². The van der Waals surface area contributed by atoms with Gasteiger partial charge in [-0.05, 0) is 44.2 Å². The molecule has 1 aliphatic heterocycles. The minimum absolute atomic E-state index is 0.225. The maximum Gasteiger partial charge on any atom is 0.306 e. The van der Waals surface area contributed by atoms with Crippen molar-refractivity contribution in [3.05, 3.63) is 29.3 Å². The van der Waals surface area contributed by atoms with Gasteiger partial charge in [-0.2, -0.15) is 0 Å². The highest BCUT2D eigenvalue weighted by Crippen LogP contribution is 2.22. The van der Waals surface area contributed by atoms with Crippen molar-refractivity contribution in [3.8, 4) is 0 Å². The largest absolute Gasteiger partial charge is 0.456 e. The van der Waals surface area contributed by atoms with Crippen molar-refractivity contribution in [1.82, 2.24) is 9.88 Å². The van der Waals surface area contributed by atoms with Crippen LogP contribution in [0.5, 0.6) is 0 Å². The van der Waals surface area contributed by atoms with Gasteiger partial charge < -0.3 is 15.4 Å². The van der Waals surface area contributed by atoms with E-state index in [1.54, 1.807) is 11.3 Å². The summed E-state index contributed by atoms with van der Waals surface area (Å²) in [5.41, 5.74) is 6.32. The zero-order valence-electron chi connectivity index (χ0n) is 15.1. The molecule has 0 unspecified atom stereocenters. The summed E-state index contributed by atoms with van der Waals surface area (Å²) in [4.78, 5) is 41.6. The molecule has 0 radical (unpaired) electrons. The van der Waals surface area contributed by atoms with E-state index in [0.29, 0.717) is 25.8 Å². The number of ether oxygens (including phenoxy) is 1. The summed E-state index contributed by atoms with van der Waals surface area (Å²) < 4.78 is 6.21. The van der Waals surface area contributed by atoms with Crippen molar-refractivity contribution in [1.29, 1.82) is 0 Å². The molecule has 2 heterocycles. The van der Waals surface area contributed by atoms with E-state index < -0.39 is 17.9 Å². The number of hydrogen-bond acceptors (Lipinski definition) is 6. The first-order valence-electron chi connectivity index (χ1n) is 9.13. The predicted molar refractivity (Wildman–Crippen MR) is 102 cm³/mol. The Labute approximate surface area is 161 Å². The van der Waals surface area contributed by atoms with Gasteiger partial charge in [0.1, 0.15) is 6.04 Å². The number of carbonyl (C=O) groups excluding carboxylic acids is 3. The number of para-hydroxylation sites is 1. The van der Waals surface area contributed by atoms with E-state index in [9.17, 15) is 14.4 Å². The number of esters is 1. The number of likely N-dealkylation sites (tertiary alicyclic amines) is 1. The van der Waals surface area contributed by atoms with E-state index in [0.717, 1.165) is 28.1 Å². The summed E-state index contributed by atoms with van der Waals surface area (Å²) in [5, 5.41) is 0.984. The molecule has 2 aromatic rings. The lowest BCUT2D eigenvalue weighted by Crippen LogP contribution is -2.51. The van der Waals surface area contributed by atoms with Gasteiger partial charge in [-0.15, -0.1) is 11.3 Å². The van der Waals surface area contributed by atoms with Gasteiger partial charge in [0.15, 0.2) is 6.61 Å². The predicted octanol–water partition coefficient (Wildman–Crippen LogP) is 2.03. The fourth-order valence-electron chi connectivity index (χ4n) is 3.23. The maximum absolute atomic E-state index is 12.2. The molecule has 3 rings (SSSR count). The van der Waals surface area contributed by atoms with E-state index in [1.807, 2.05) is 24.3 Å². The lowest BCUT2D eigenvalue weighted by molar-refractivity contribution is -0.154. The summed E-state index contributed by atoms with van der Waals surface area (Å²) in [6, 6.07) is 7.32.